The molecule has 0 saturated carbocycles. The van der Waals surface area contributed by atoms with E-state index in [9.17, 15) is 0 Å². The molecule has 0 fully saturated rings. The van der Waals surface area contributed by atoms with E-state index in [1.165, 1.54) is 43.4 Å². The first-order chi connectivity index (χ1) is 21.8. The summed E-state index contributed by atoms with van der Waals surface area (Å²) >= 11 is 0. The van der Waals surface area contributed by atoms with E-state index in [4.69, 9.17) is 4.42 Å². The molecule has 0 aliphatic carbocycles. The highest BCUT2D eigenvalue weighted by atomic mass is 16.3. The summed E-state index contributed by atoms with van der Waals surface area (Å²) in [6.07, 6.45) is 0. The van der Waals surface area contributed by atoms with Crippen LogP contribution in [0, 0.1) is 0 Å². The van der Waals surface area contributed by atoms with Crippen molar-refractivity contribution in [1.82, 2.24) is 0 Å². The molecule has 0 spiro atoms. The largest absolute Gasteiger partial charge is 0.456 e. The standard InChI is InChI=1S/C42H27NO/c1-2-9-28(10-3-1)30-12-8-13-32(25-30)43(34-20-24-40-39-15-6-7-16-41(39)44-42(40)27-34)33-19-23-36-31(26-33)18-22-37-35-14-5-4-11-29(35)17-21-38(36)37/h1-27H. The van der Waals surface area contributed by atoms with Crippen LogP contribution in [0.2, 0.25) is 0 Å². The van der Waals surface area contributed by atoms with Crippen molar-refractivity contribution in [1.29, 1.82) is 0 Å². The van der Waals surface area contributed by atoms with Crippen LogP contribution in [0.5, 0.6) is 0 Å². The summed E-state index contributed by atoms with van der Waals surface area (Å²) in [5.41, 5.74) is 7.39. The number of hydrogen-bond donors (Lipinski definition) is 0. The summed E-state index contributed by atoms with van der Waals surface area (Å²) in [5.74, 6) is 0. The summed E-state index contributed by atoms with van der Waals surface area (Å²) < 4.78 is 6.33. The van der Waals surface area contributed by atoms with Gasteiger partial charge in [-0.1, -0.05) is 115 Å². The van der Waals surface area contributed by atoms with E-state index in [0.717, 1.165) is 39.0 Å². The van der Waals surface area contributed by atoms with Crippen molar-refractivity contribution in [2.75, 3.05) is 4.90 Å². The average molecular weight is 562 g/mol. The van der Waals surface area contributed by atoms with Crippen LogP contribution in [0.4, 0.5) is 17.1 Å². The zero-order valence-electron chi connectivity index (χ0n) is 23.9. The van der Waals surface area contributed by atoms with Gasteiger partial charge in [-0.05, 0) is 85.9 Å². The molecule has 0 unspecified atom stereocenters. The second-order valence-electron chi connectivity index (χ2n) is 11.4. The molecule has 1 aromatic heterocycles. The maximum atomic E-state index is 6.33. The first-order valence-electron chi connectivity index (χ1n) is 15.0. The van der Waals surface area contributed by atoms with Crippen LogP contribution in [-0.2, 0) is 0 Å². The van der Waals surface area contributed by atoms with Crippen LogP contribution >= 0.6 is 0 Å². The predicted molar refractivity (Wildman–Crippen MR) is 186 cm³/mol. The van der Waals surface area contributed by atoms with E-state index < -0.39 is 0 Å². The number of nitrogens with zero attached hydrogens (tertiary/aromatic N) is 1. The summed E-state index contributed by atoms with van der Waals surface area (Å²) in [6.45, 7) is 0. The minimum absolute atomic E-state index is 0.881. The lowest BCUT2D eigenvalue weighted by molar-refractivity contribution is 0.669. The number of benzene rings is 8. The number of fused-ring (bicyclic) bond motifs is 8. The zero-order chi connectivity index (χ0) is 29.0. The lowest BCUT2D eigenvalue weighted by Gasteiger charge is -2.26. The zero-order valence-corrected chi connectivity index (χ0v) is 23.9. The molecule has 206 valence electrons. The molecule has 0 aliphatic heterocycles. The molecule has 0 amide bonds. The quantitative estimate of drug-likeness (QED) is 0.199. The number of hydrogen-bond acceptors (Lipinski definition) is 2. The van der Waals surface area contributed by atoms with Gasteiger partial charge in [0.1, 0.15) is 11.2 Å². The van der Waals surface area contributed by atoms with E-state index in [-0.39, 0.29) is 0 Å². The Morgan fingerprint density at radius 2 is 0.909 bits per heavy atom. The molecule has 0 atom stereocenters. The highest BCUT2D eigenvalue weighted by Gasteiger charge is 2.17. The first-order valence-corrected chi connectivity index (χ1v) is 15.0. The molecule has 0 radical (unpaired) electrons. The normalized spacial score (nSPS) is 11.6. The Balaban J connectivity index is 1.25. The molecule has 8 aromatic carbocycles. The van der Waals surface area contributed by atoms with Crippen molar-refractivity contribution < 1.29 is 4.42 Å². The van der Waals surface area contributed by atoms with Crippen molar-refractivity contribution in [3.63, 3.8) is 0 Å². The molecule has 1 heterocycles. The van der Waals surface area contributed by atoms with Gasteiger partial charge < -0.3 is 9.32 Å². The van der Waals surface area contributed by atoms with Gasteiger partial charge in [0, 0.05) is 33.9 Å². The Morgan fingerprint density at radius 1 is 0.318 bits per heavy atom. The summed E-state index contributed by atoms with van der Waals surface area (Å²) in [4.78, 5) is 2.34. The molecule has 2 nitrogen and oxygen atoms in total. The fourth-order valence-electron chi connectivity index (χ4n) is 6.71. The van der Waals surface area contributed by atoms with Gasteiger partial charge in [-0.15, -0.1) is 0 Å². The Kier molecular flexibility index (Phi) is 5.54. The minimum Gasteiger partial charge on any atom is -0.456 e. The summed E-state index contributed by atoms with van der Waals surface area (Å²) in [7, 11) is 0. The van der Waals surface area contributed by atoms with Gasteiger partial charge in [0.25, 0.3) is 0 Å². The maximum absolute atomic E-state index is 6.33. The maximum Gasteiger partial charge on any atom is 0.137 e. The number of furan rings is 1. The van der Waals surface area contributed by atoms with Crippen LogP contribution in [0.1, 0.15) is 0 Å². The number of rotatable bonds is 4. The first kappa shape index (κ1) is 24.7. The second kappa shape index (κ2) is 9.86. The summed E-state index contributed by atoms with van der Waals surface area (Å²) in [5, 5.41) is 9.83. The SMILES string of the molecule is c1ccc(-c2cccc(N(c3ccc4c(ccc5c6ccccc6ccc45)c3)c3ccc4c(c3)oc3ccccc34)c2)cc1. The van der Waals surface area contributed by atoms with Gasteiger partial charge in [-0.25, -0.2) is 0 Å². The number of para-hydroxylation sites is 1. The van der Waals surface area contributed by atoms with Crippen molar-refractivity contribution in [3.05, 3.63) is 164 Å². The van der Waals surface area contributed by atoms with E-state index in [0.29, 0.717) is 0 Å². The molecular weight excluding hydrogens is 534 g/mol. The Labute approximate surface area is 255 Å². The van der Waals surface area contributed by atoms with Gasteiger partial charge in [0.2, 0.25) is 0 Å². The molecule has 0 saturated heterocycles. The second-order valence-corrected chi connectivity index (χ2v) is 11.4. The molecular formula is C42H27NO. The molecule has 0 aliphatic rings. The van der Waals surface area contributed by atoms with Crippen LogP contribution in [0.3, 0.4) is 0 Å². The Bertz CT molecular complexity index is 2510. The Hall–Kier alpha value is -5.86. The molecule has 2 heteroatoms. The van der Waals surface area contributed by atoms with Gasteiger partial charge in [-0.3, -0.25) is 0 Å². The molecule has 9 rings (SSSR count). The van der Waals surface area contributed by atoms with Crippen LogP contribution in [0.25, 0.3) is 65.4 Å². The lowest BCUT2D eigenvalue weighted by Crippen LogP contribution is -2.10. The molecule has 44 heavy (non-hydrogen) atoms. The number of anilines is 3. The van der Waals surface area contributed by atoms with Crippen molar-refractivity contribution in [2.24, 2.45) is 0 Å². The predicted octanol–water partition coefficient (Wildman–Crippen LogP) is 12.2. The molecule has 0 N–H and O–H groups in total. The minimum atomic E-state index is 0.881. The monoisotopic (exact) mass is 561 g/mol. The Morgan fingerprint density at radius 3 is 1.77 bits per heavy atom. The third-order valence-electron chi connectivity index (χ3n) is 8.82. The van der Waals surface area contributed by atoms with E-state index in [1.807, 2.05) is 12.1 Å². The fourth-order valence-corrected chi connectivity index (χ4v) is 6.71. The van der Waals surface area contributed by atoms with Gasteiger partial charge in [-0.2, -0.15) is 0 Å². The molecule has 0 bridgehead atoms. The summed E-state index contributed by atoms with van der Waals surface area (Å²) in [6, 6.07) is 58.6. The topological polar surface area (TPSA) is 16.4 Å². The van der Waals surface area contributed by atoms with Gasteiger partial charge >= 0.3 is 0 Å². The van der Waals surface area contributed by atoms with Crippen LogP contribution < -0.4 is 4.90 Å². The van der Waals surface area contributed by atoms with Crippen molar-refractivity contribution >= 4 is 71.3 Å². The van der Waals surface area contributed by atoms with Crippen LogP contribution in [-0.4, -0.2) is 0 Å². The van der Waals surface area contributed by atoms with E-state index >= 15 is 0 Å². The van der Waals surface area contributed by atoms with E-state index in [2.05, 4.69) is 157 Å². The third kappa shape index (κ3) is 3.96. The van der Waals surface area contributed by atoms with E-state index in [1.54, 1.807) is 0 Å². The molecule has 9 aromatic rings. The fraction of sp³-hybridized carbons (Fsp3) is 0. The third-order valence-corrected chi connectivity index (χ3v) is 8.82. The highest BCUT2D eigenvalue weighted by molar-refractivity contribution is 6.17. The van der Waals surface area contributed by atoms with Gasteiger partial charge in [0.05, 0.1) is 0 Å². The van der Waals surface area contributed by atoms with Crippen molar-refractivity contribution in [2.45, 2.75) is 0 Å². The highest BCUT2D eigenvalue weighted by Crippen LogP contribution is 2.41. The van der Waals surface area contributed by atoms with Crippen molar-refractivity contribution in [3.8, 4) is 11.1 Å². The van der Waals surface area contributed by atoms with Crippen LogP contribution in [0.15, 0.2) is 168 Å². The smallest absolute Gasteiger partial charge is 0.137 e. The van der Waals surface area contributed by atoms with Gasteiger partial charge in [0.15, 0.2) is 0 Å². The average Bonchev–Trinajstić information content (AvgIpc) is 3.46. The lowest BCUT2D eigenvalue weighted by atomic mass is 9.96.